The van der Waals surface area contributed by atoms with Crippen molar-refractivity contribution in [2.45, 2.75) is 51.6 Å². The van der Waals surface area contributed by atoms with Crippen molar-refractivity contribution in [3.8, 4) is 16.2 Å². The molecule has 1 aliphatic heterocycles. The second-order valence-electron chi connectivity index (χ2n) is 7.70. The molecule has 2 aromatic rings. The lowest BCUT2D eigenvalue weighted by molar-refractivity contribution is -0.0137. The Hall–Kier alpha value is -1.26. The van der Waals surface area contributed by atoms with Crippen molar-refractivity contribution in [3.05, 3.63) is 38.6 Å². The number of hydrogen-bond acceptors (Lipinski definition) is 3. The number of fused-ring (bicyclic) bond motifs is 3. The number of pyridine rings is 1. The van der Waals surface area contributed by atoms with E-state index in [1.54, 1.807) is 11.3 Å². The first-order valence-electron chi connectivity index (χ1n) is 8.57. The Labute approximate surface area is 151 Å². The lowest BCUT2D eigenvalue weighted by Crippen LogP contribution is -2.48. The molecule has 0 aromatic carbocycles. The van der Waals surface area contributed by atoms with Gasteiger partial charge in [0.05, 0.1) is 11.1 Å². The van der Waals surface area contributed by atoms with Gasteiger partial charge in [-0.25, -0.2) is 0 Å². The van der Waals surface area contributed by atoms with Crippen LogP contribution in [0.4, 0.5) is 0 Å². The minimum atomic E-state index is -0.291. The van der Waals surface area contributed by atoms with Gasteiger partial charge in [-0.1, -0.05) is 31.0 Å². The lowest BCUT2D eigenvalue weighted by Gasteiger charge is -2.48. The molecule has 0 amide bonds. The molecule has 128 valence electrons. The third kappa shape index (κ3) is 2.42. The monoisotopic (exact) mass is 363 g/mol. The SMILES string of the molecule is C[C@H]1CC[C@H]2[C@H](C1)c1c(c(-c3cccs3)c(Cl)[nH]c1=O)OC2(C)C. The van der Waals surface area contributed by atoms with Crippen LogP contribution in [0.25, 0.3) is 10.4 Å². The second kappa shape index (κ2) is 5.63. The number of ether oxygens (including phenoxy) is 1. The van der Waals surface area contributed by atoms with Crippen LogP contribution in [0.3, 0.4) is 0 Å². The maximum absolute atomic E-state index is 12.8. The van der Waals surface area contributed by atoms with Crippen LogP contribution in [0.5, 0.6) is 5.75 Å². The highest BCUT2D eigenvalue weighted by Crippen LogP contribution is 2.54. The van der Waals surface area contributed by atoms with Crippen LogP contribution in [0.15, 0.2) is 22.3 Å². The highest BCUT2D eigenvalue weighted by atomic mass is 35.5. The predicted octanol–water partition coefficient (Wildman–Crippen LogP) is 5.45. The maximum atomic E-state index is 12.8. The van der Waals surface area contributed by atoms with Gasteiger partial charge in [-0.15, -0.1) is 11.3 Å². The molecular weight excluding hydrogens is 342 g/mol. The van der Waals surface area contributed by atoms with Crippen LogP contribution in [0, 0.1) is 11.8 Å². The fraction of sp³-hybridized carbons (Fsp3) is 0.526. The molecule has 3 nitrogen and oxygen atoms in total. The van der Waals surface area contributed by atoms with E-state index in [-0.39, 0.29) is 17.1 Å². The largest absolute Gasteiger partial charge is 0.486 e. The molecule has 1 fully saturated rings. The van der Waals surface area contributed by atoms with Gasteiger partial charge in [0.1, 0.15) is 16.5 Å². The molecule has 0 saturated heterocycles. The summed E-state index contributed by atoms with van der Waals surface area (Å²) >= 11 is 8.04. The number of nitrogens with one attached hydrogen (secondary N) is 1. The van der Waals surface area contributed by atoms with Crippen LogP contribution < -0.4 is 10.3 Å². The number of H-pyrrole nitrogens is 1. The average Bonchev–Trinajstić information content (AvgIpc) is 2.99. The zero-order valence-electron chi connectivity index (χ0n) is 14.2. The van der Waals surface area contributed by atoms with Crippen LogP contribution in [0.1, 0.15) is 51.5 Å². The van der Waals surface area contributed by atoms with Crippen molar-refractivity contribution in [1.29, 1.82) is 0 Å². The molecule has 2 aromatic heterocycles. The molecule has 0 radical (unpaired) electrons. The Morgan fingerprint density at radius 1 is 1.38 bits per heavy atom. The fourth-order valence-electron chi connectivity index (χ4n) is 4.52. The number of aromatic amines is 1. The fourth-order valence-corrected chi connectivity index (χ4v) is 5.62. The van der Waals surface area contributed by atoms with E-state index in [1.165, 1.54) is 6.42 Å². The zero-order valence-corrected chi connectivity index (χ0v) is 15.8. The van der Waals surface area contributed by atoms with Gasteiger partial charge in [-0.05, 0) is 50.0 Å². The molecule has 2 aliphatic rings. The molecule has 1 aliphatic carbocycles. The zero-order chi connectivity index (χ0) is 17.1. The van der Waals surface area contributed by atoms with Gasteiger partial charge < -0.3 is 9.72 Å². The summed E-state index contributed by atoms with van der Waals surface area (Å²) in [6.07, 6.45) is 3.35. The third-order valence-corrected chi connectivity index (χ3v) is 6.84. The molecular formula is C19H22ClNO2S. The van der Waals surface area contributed by atoms with E-state index in [1.807, 2.05) is 17.5 Å². The smallest absolute Gasteiger partial charge is 0.256 e. The minimum Gasteiger partial charge on any atom is -0.486 e. The summed E-state index contributed by atoms with van der Waals surface area (Å²) < 4.78 is 6.44. The van der Waals surface area contributed by atoms with Crippen molar-refractivity contribution in [2.24, 2.45) is 11.8 Å². The van der Waals surface area contributed by atoms with Gasteiger partial charge in [0.25, 0.3) is 5.56 Å². The van der Waals surface area contributed by atoms with E-state index in [0.717, 1.165) is 28.8 Å². The van der Waals surface area contributed by atoms with E-state index in [9.17, 15) is 4.79 Å². The molecule has 1 N–H and O–H groups in total. The molecule has 3 atom stereocenters. The summed E-state index contributed by atoms with van der Waals surface area (Å²) in [4.78, 5) is 16.7. The van der Waals surface area contributed by atoms with Crippen molar-refractivity contribution >= 4 is 22.9 Å². The van der Waals surface area contributed by atoms with E-state index in [0.29, 0.717) is 22.7 Å². The lowest BCUT2D eigenvalue weighted by atomic mass is 9.64. The Morgan fingerprint density at radius 3 is 2.88 bits per heavy atom. The normalized spacial score (nSPS) is 27.9. The van der Waals surface area contributed by atoms with Crippen molar-refractivity contribution in [1.82, 2.24) is 4.98 Å². The second-order valence-corrected chi connectivity index (χ2v) is 9.03. The van der Waals surface area contributed by atoms with E-state index >= 15 is 0 Å². The van der Waals surface area contributed by atoms with Crippen LogP contribution in [0.2, 0.25) is 5.15 Å². The topological polar surface area (TPSA) is 42.1 Å². The number of thiophene rings is 1. The van der Waals surface area contributed by atoms with Gasteiger partial charge >= 0.3 is 0 Å². The molecule has 0 unspecified atom stereocenters. The number of rotatable bonds is 1. The van der Waals surface area contributed by atoms with Gasteiger partial charge in [-0.3, -0.25) is 4.79 Å². The highest BCUT2D eigenvalue weighted by molar-refractivity contribution is 7.13. The first-order valence-corrected chi connectivity index (χ1v) is 9.83. The van der Waals surface area contributed by atoms with Gasteiger partial charge in [0, 0.05) is 10.8 Å². The average molecular weight is 364 g/mol. The van der Waals surface area contributed by atoms with Crippen molar-refractivity contribution < 1.29 is 4.74 Å². The Balaban J connectivity index is 1.98. The quantitative estimate of drug-likeness (QED) is 0.684. The first kappa shape index (κ1) is 16.2. The molecule has 24 heavy (non-hydrogen) atoms. The molecule has 0 spiro atoms. The van der Waals surface area contributed by atoms with E-state index in [4.69, 9.17) is 16.3 Å². The highest BCUT2D eigenvalue weighted by Gasteiger charge is 2.48. The summed E-state index contributed by atoms with van der Waals surface area (Å²) in [7, 11) is 0. The third-order valence-electron chi connectivity index (χ3n) is 5.67. The molecule has 4 rings (SSSR count). The van der Waals surface area contributed by atoms with Crippen molar-refractivity contribution in [2.75, 3.05) is 0 Å². The Bertz CT molecular complexity index is 825. The predicted molar refractivity (Wildman–Crippen MR) is 99.3 cm³/mol. The standard InChI is InChI=1S/C19H22ClNO2S/c1-10-6-7-12-11(9-10)14-16(23-19(12,2)3)15(13-5-4-8-24-13)17(20)21-18(14)22/h4-5,8,10-12H,6-7,9H2,1-3H3,(H,21,22)/t10-,11-,12-/m0/s1. The summed E-state index contributed by atoms with van der Waals surface area (Å²) in [5, 5.41) is 2.39. The molecule has 3 heterocycles. The molecule has 1 saturated carbocycles. The van der Waals surface area contributed by atoms with E-state index in [2.05, 4.69) is 25.8 Å². The van der Waals surface area contributed by atoms with Crippen LogP contribution >= 0.6 is 22.9 Å². The number of hydrogen-bond donors (Lipinski definition) is 1. The Morgan fingerprint density at radius 2 is 2.17 bits per heavy atom. The summed E-state index contributed by atoms with van der Waals surface area (Å²) in [5.74, 6) is 1.95. The molecule has 0 bridgehead atoms. The first-order chi connectivity index (χ1) is 11.4. The summed E-state index contributed by atoms with van der Waals surface area (Å²) in [5.41, 5.74) is 1.26. The van der Waals surface area contributed by atoms with Crippen molar-refractivity contribution in [3.63, 3.8) is 0 Å². The van der Waals surface area contributed by atoms with Gasteiger partial charge in [-0.2, -0.15) is 0 Å². The minimum absolute atomic E-state index is 0.0880. The number of halogens is 1. The van der Waals surface area contributed by atoms with E-state index < -0.39 is 0 Å². The summed E-state index contributed by atoms with van der Waals surface area (Å²) in [6.45, 7) is 6.58. The van der Waals surface area contributed by atoms with Gasteiger partial charge in [0.2, 0.25) is 0 Å². The van der Waals surface area contributed by atoms with Gasteiger partial charge in [0.15, 0.2) is 0 Å². The van der Waals surface area contributed by atoms with Crippen LogP contribution in [-0.2, 0) is 0 Å². The summed E-state index contributed by atoms with van der Waals surface area (Å²) in [6, 6.07) is 4.02. The Kier molecular flexibility index (Phi) is 3.81. The van der Waals surface area contributed by atoms with Crippen LogP contribution in [-0.4, -0.2) is 10.6 Å². The maximum Gasteiger partial charge on any atom is 0.256 e. The number of aromatic nitrogens is 1. The molecule has 5 heteroatoms.